The number of pyridine rings is 1. The van der Waals surface area contributed by atoms with E-state index < -0.39 is 17.7 Å². The van der Waals surface area contributed by atoms with Crippen molar-refractivity contribution < 1.29 is 23.5 Å². The summed E-state index contributed by atoms with van der Waals surface area (Å²) < 4.78 is 19.9. The number of carbonyl (C=O) groups excluding carboxylic acids is 3. The van der Waals surface area contributed by atoms with Gasteiger partial charge in [-0.1, -0.05) is 0 Å². The fourth-order valence-corrected chi connectivity index (χ4v) is 4.13. The van der Waals surface area contributed by atoms with Gasteiger partial charge in [-0.05, 0) is 31.5 Å². The Hall–Kier alpha value is -3.27. The molecular weight excluding hydrogens is 411 g/mol. The number of fused-ring (bicyclic) bond motifs is 1. The van der Waals surface area contributed by atoms with Crippen molar-refractivity contribution in [2.75, 3.05) is 26.0 Å². The van der Waals surface area contributed by atoms with Crippen LogP contribution < -0.4 is 5.32 Å². The van der Waals surface area contributed by atoms with Gasteiger partial charge >= 0.3 is 5.97 Å². The van der Waals surface area contributed by atoms with Gasteiger partial charge in [0.15, 0.2) is 0 Å². The van der Waals surface area contributed by atoms with E-state index in [0.29, 0.717) is 21.8 Å². The molecule has 2 amide bonds. The number of nitrogens with one attached hydrogen (secondary N) is 1. The summed E-state index contributed by atoms with van der Waals surface area (Å²) in [7, 11) is 3.21. The highest BCUT2D eigenvalue weighted by Gasteiger charge is 2.27. The van der Waals surface area contributed by atoms with Gasteiger partial charge < -0.3 is 19.4 Å². The Balaban J connectivity index is 1.87. The van der Waals surface area contributed by atoms with Crippen molar-refractivity contribution >= 4 is 39.8 Å². The van der Waals surface area contributed by atoms with Gasteiger partial charge in [0, 0.05) is 26.5 Å². The monoisotopic (exact) mass is 432 g/mol. The molecule has 0 bridgehead atoms. The van der Waals surface area contributed by atoms with Gasteiger partial charge in [0.05, 0.1) is 29.2 Å². The molecule has 0 unspecified atom stereocenters. The van der Waals surface area contributed by atoms with E-state index in [2.05, 4.69) is 10.3 Å². The maximum atomic E-state index is 13.3. The number of ether oxygens (including phenoxy) is 1. The molecule has 3 aromatic heterocycles. The molecular formula is C20H21FN4O4S. The van der Waals surface area contributed by atoms with E-state index in [4.69, 9.17) is 4.74 Å². The van der Waals surface area contributed by atoms with Crippen LogP contribution in [-0.2, 0) is 16.0 Å². The van der Waals surface area contributed by atoms with Crippen LogP contribution in [0, 0.1) is 12.7 Å². The van der Waals surface area contributed by atoms with Crippen molar-refractivity contribution in [3.63, 3.8) is 0 Å². The van der Waals surface area contributed by atoms with Crippen molar-refractivity contribution in [2.45, 2.75) is 20.3 Å². The molecule has 0 saturated carbocycles. The van der Waals surface area contributed by atoms with Crippen LogP contribution in [0.5, 0.6) is 0 Å². The van der Waals surface area contributed by atoms with Crippen LogP contribution in [0.15, 0.2) is 24.5 Å². The normalized spacial score (nSPS) is 10.8. The highest BCUT2D eigenvalue weighted by Crippen LogP contribution is 2.34. The molecule has 0 aliphatic heterocycles. The van der Waals surface area contributed by atoms with E-state index in [-0.39, 0.29) is 29.5 Å². The molecule has 10 heteroatoms. The average Bonchev–Trinajstić information content (AvgIpc) is 3.20. The molecule has 0 aliphatic carbocycles. The number of carbonyl (C=O) groups is 3. The number of amides is 2. The quantitative estimate of drug-likeness (QED) is 0.605. The zero-order chi connectivity index (χ0) is 22.0. The molecule has 3 heterocycles. The molecule has 0 saturated heterocycles. The molecule has 0 spiro atoms. The fraction of sp³-hybridized carbons (Fsp3) is 0.300. The largest absolute Gasteiger partial charge is 0.462 e. The summed E-state index contributed by atoms with van der Waals surface area (Å²) in [5.74, 6) is -1.72. The second kappa shape index (κ2) is 8.62. The summed E-state index contributed by atoms with van der Waals surface area (Å²) >= 11 is 1.02. The lowest BCUT2D eigenvalue weighted by Crippen LogP contribution is -2.21. The SMILES string of the molecule is CCOC(=O)c1c(NC(=O)Cc2cn3cc(F)ccc3n2)sc(C(=O)N(C)C)c1C. The summed E-state index contributed by atoms with van der Waals surface area (Å²) in [6.07, 6.45) is 2.74. The first-order valence-electron chi connectivity index (χ1n) is 9.16. The summed E-state index contributed by atoms with van der Waals surface area (Å²) in [5.41, 5.74) is 1.57. The minimum Gasteiger partial charge on any atom is -0.462 e. The topological polar surface area (TPSA) is 93.0 Å². The lowest BCUT2D eigenvalue weighted by Gasteiger charge is -2.09. The first-order chi connectivity index (χ1) is 14.2. The number of nitrogens with zero attached hydrogens (tertiary/aromatic N) is 3. The summed E-state index contributed by atoms with van der Waals surface area (Å²) in [4.78, 5) is 43.5. The smallest absolute Gasteiger partial charge is 0.341 e. The van der Waals surface area contributed by atoms with Gasteiger partial charge in [0.1, 0.15) is 16.5 Å². The molecule has 158 valence electrons. The van der Waals surface area contributed by atoms with Gasteiger partial charge in [-0.15, -0.1) is 11.3 Å². The number of esters is 1. The van der Waals surface area contributed by atoms with Gasteiger partial charge in [0.2, 0.25) is 5.91 Å². The van der Waals surface area contributed by atoms with Gasteiger partial charge in [-0.25, -0.2) is 14.2 Å². The van der Waals surface area contributed by atoms with E-state index >= 15 is 0 Å². The van der Waals surface area contributed by atoms with Crippen LogP contribution in [0.4, 0.5) is 9.39 Å². The first kappa shape index (κ1) is 21.4. The van der Waals surface area contributed by atoms with E-state index in [9.17, 15) is 18.8 Å². The number of hydrogen-bond acceptors (Lipinski definition) is 6. The van der Waals surface area contributed by atoms with Crippen LogP contribution in [0.25, 0.3) is 5.65 Å². The summed E-state index contributed by atoms with van der Waals surface area (Å²) in [6, 6.07) is 2.80. The van der Waals surface area contributed by atoms with Crippen LogP contribution in [0.3, 0.4) is 0 Å². The Morgan fingerprint density at radius 3 is 2.67 bits per heavy atom. The highest BCUT2D eigenvalue weighted by molar-refractivity contribution is 7.18. The molecule has 0 atom stereocenters. The molecule has 0 fully saturated rings. The van der Waals surface area contributed by atoms with E-state index in [1.165, 1.54) is 27.6 Å². The van der Waals surface area contributed by atoms with Crippen molar-refractivity contribution in [2.24, 2.45) is 0 Å². The van der Waals surface area contributed by atoms with Crippen molar-refractivity contribution in [3.8, 4) is 0 Å². The Morgan fingerprint density at radius 1 is 1.27 bits per heavy atom. The number of halogens is 1. The maximum Gasteiger partial charge on any atom is 0.341 e. The van der Waals surface area contributed by atoms with Crippen LogP contribution in [0.1, 0.15) is 38.2 Å². The third-order valence-electron chi connectivity index (χ3n) is 4.29. The molecule has 1 N–H and O–H groups in total. The standard InChI is InChI=1S/C20H21FN4O4S/c1-5-29-20(28)16-11(2)17(19(27)24(3)4)30-18(16)23-15(26)8-13-10-25-9-12(21)6-7-14(25)22-13/h6-7,9-10H,5,8H2,1-4H3,(H,23,26). The lowest BCUT2D eigenvalue weighted by atomic mass is 10.1. The minimum absolute atomic E-state index is 0.0839. The number of thiophene rings is 1. The molecule has 0 aromatic carbocycles. The van der Waals surface area contributed by atoms with Crippen molar-refractivity contribution in [1.82, 2.24) is 14.3 Å². The van der Waals surface area contributed by atoms with Gasteiger partial charge in [-0.3, -0.25) is 9.59 Å². The number of anilines is 1. The summed E-state index contributed by atoms with van der Waals surface area (Å²) in [5, 5.41) is 2.94. The predicted molar refractivity (Wildman–Crippen MR) is 111 cm³/mol. The molecule has 8 nitrogen and oxygen atoms in total. The zero-order valence-corrected chi connectivity index (χ0v) is 17.8. The van der Waals surface area contributed by atoms with E-state index in [0.717, 1.165) is 11.3 Å². The first-order valence-corrected chi connectivity index (χ1v) is 9.98. The molecule has 3 rings (SSSR count). The third kappa shape index (κ3) is 4.33. The summed E-state index contributed by atoms with van der Waals surface area (Å²) in [6.45, 7) is 3.48. The fourth-order valence-electron chi connectivity index (χ4n) is 2.90. The number of aromatic nitrogens is 2. The number of imidazole rings is 1. The lowest BCUT2D eigenvalue weighted by molar-refractivity contribution is -0.115. The van der Waals surface area contributed by atoms with Crippen LogP contribution in [-0.4, -0.2) is 52.8 Å². The van der Waals surface area contributed by atoms with Crippen molar-refractivity contribution in [1.29, 1.82) is 0 Å². The predicted octanol–water partition coefficient (Wildman–Crippen LogP) is 2.90. The van der Waals surface area contributed by atoms with Gasteiger partial charge in [0.25, 0.3) is 5.91 Å². The second-order valence-electron chi connectivity index (χ2n) is 6.75. The number of rotatable bonds is 6. The van der Waals surface area contributed by atoms with E-state index in [1.807, 2.05) is 0 Å². The average molecular weight is 432 g/mol. The van der Waals surface area contributed by atoms with Gasteiger partial charge in [-0.2, -0.15) is 0 Å². The minimum atomic E-state index is -0.609. The molecule has 0 aliphatic rings. The Bertz CT molecular complexity index is 1140. The molecule has 30 heavy (non-hydrogen) atoms. The number of hydrogen-bond donors (Lipinski definition) is 1. The Labute approximate surface area is 176 Å². The maximum absolute atomic E-state index is 13.3. The van der Waals surface area contributed by atoms with Crippen LogP contribution >= 0.6 is 11.3 Å². The zero-order valence-electron chi connectivity index (χ0n) is 17.0. The molecule has 0 radical (unpaired) electrons. The van der Waals surface area contributed by atoms with Crippen molar-refractivity contribution in [3.05, 3.63) is 52.0 Å². The third-order valence-corrected chi connectivity index (χ3v) is 5.48. The molecule has 3 aromatic rings. The van der Waals surface area contributed by atoms with Crippen LogP contribution in [0.2, 0.25) is 0 Å². The highest BCUT2D eigenvalue weighted by atomic mass is 32.1. The second-order valence-corrected chi connectivity index (χ2v) is 7.77. The Kier molecular flexibility index (Phi) is 6.16. The Morgan fingerprint density at radius 2 is 2.00 bits per heavy atom. The van der Waals surface area contributed by atoms with E-state index in [1.54, 1.807) is 34.1 Å².